The topological polar surface area (TPSA) is 75.7 Å². The van der Waals surface area contributed by atoms with Crippen LogP contribution in [0.4, 0.5) is 14.5 Å². The maximum Gasteiger partial charge on any atom is 0.311 e. The second kappa shape index (κ2) is 7.80. The van der Waals surface area contributed by atoms with E-state index >= 15 is 0 Å². The summed E-state index contributed by atoms with van der Waals surface area (Å²) in [4.78, 5) is 37.7. The van der Waals surface area contributed by atoms with Crippen LogP contribution in [-0.2, 0) is 19.1 Å². The molecule has 1 saturated carbocycles. The third-order valence-electron chi connectivity index (χ3n) is 4.81. The van der Waals surface area contributed by atoms with Gasteiger partial charge in [0, 0.05) is 25.1 Å². The van der Waals surface area contributed by atoms with E-state index in [0.29, 0.717) is 12.6 Å². The fourth-order valence-corrected chi connectivity index (χ4v) is 3.49. The Bertz CT molecular complexity index is 719. The maximum atomic E-state index is 13.5. The van der Waals surface area contributed by atoms with Crippen molar-refractivity contribution >= 4 is 23.5 Å². The van der Waals surface area contributed by atoms with Crippen molar-refractivity contribution in [3.05, 3.63) is 29.8 Å². The quantitative estimate of drug-likeness (QED) is 0.811. The van der Waals surface area contributed by atoms with Crippen molar-refractivity contribution in [1.82, 2.24) is 4.90 Å². The lowest BCUT2D eigenvalue weighted by Crippen LogP contribution is -2.35. The second-order valence-corrected chi connectivity index (χ2v) is 6.67. The van der Waals surface area contributed by atoms with Crippen molar-refractivity contribution in [2.75, 3.05) is 18.5 Å². The third-order valence-corrected chi connectivity index (χ3v) is 4.81. The Morgan fingerprint density at radius 2 is 1.96 bits per heavy atom. The summed E-state index contributed by atoms with van der Waals surface area (Å²) in [6.45, 7) is -0.277. The average molecular weight is 366 g/mol. The molecular formula is C18H20F2N2O4. The van der Waals surface area contributed by atoms with Gasteiger partial charge in [0.15, 0.2) is 6.61 Å². The van der Waals surface area contributed by atoms with E-state index in [2.05, 4.69) is 5.32 Å². The SMILES string of the molecule is O=C(COC(=O)[C@H]1CC(=O)N(C2CCCC2)C1)Nc1ccc(F)cc1F. The molecule has 0 aromatic heterocycles. The van der Waals surface area contributed by atoms with Crippen LogP contribution in [0.15, 0.2) is 18.2 Å². The number of benzene rings is 1. The van der Waals surface area contributed by atoms with Gasteiger partial charge in [0.1, 0.15) is 11.6 Å². The predicted molar refractivity (Wildman–Crippen MR) is 88.0 cm³/mol. The molecule has 1 atom stereocenters. The van der Waals surface area contributed by atoms with E-state index in [-0.39, 0.29) is 24.1 Å². The van der Waals surface area contributed by atoms with Gasteiger partial charge < -0.3 is 15.0 Å². The summed E-state index contributed by atoms with van der Waals surface area (Å²) in [6.07, 6.45) is 4.18. The number of carbonyl (C=O) groups excluding carboxylic acids is 3. The van der Waals surface area contributed by atoms with Crippen LogP contribution in [0.5, 0.6) is 0 Å². The van der Waals surface area contributed by atoms with Crippen LogP contribution in [0.25, 0.3) is 0 Å². The van der Waals surface area contributed by atoms with Gasteiger partial charge in [0.25, 0.3) is 5.91 Å². The molecule has 2 fully saturated rings. The van der Waals surface area contributed by atoms with Gasteiger partial charge >= 0.3 is 5.97 Å². The Kier molecular flexibility index (Phi) is 5.49. The summed E-state index contributed by atoms with van der Waals surface area (Å²) in [5.41, 5.74) is -0.198. The number of hydrogen-bond acceptors (Lipinski definition) is 4. The number of anilines is 1. The van der Waals surface area contributed by atoms with Crippen LogP contribution in [0.3, 0.4) is 0 Å². The summed E-state index contributed by atoms with van der Waals surface area (Å²) in [5.74, 6) is -3.67. The van der Waals surface area contributed by atoms with Crippen LogP contribution in [0.1, 0.15) is 32.1 Å². The van der Waals surface area contributed by atoms with Crippen molar-refractivity contribution < 1.29 is 27.9 Å². The number of likely N-dealkylation sites (tertiary alicyclic amines) is 1. The van der Waals surface area contributed by atoms with Crippen molar-refractivity contribution in [3.63, 3.8) is 0 Å². The molecule has 1 N–H and O–H groups in total. The fourth-order valence-electron chi connectivity index (χ4n) is 3.49. The summed E-state index contributed by atoms with van der Waals surface area (Å²) < 4.78 is 31.3. The molecule has 0 bridgehead atoms. The van der Waals surface area contributed by atoms with E-state index in [1.165, 1.54) is 0 Å². The second-order valence-electron chi connectivity index (χ2n) is 6.67. The molecule has 2 amide bonds. The first-order valence-electron chi connectivity index (χ1n) is 8.65. The zero-order chi connectivity index (χ0) is 18.7. The Balaban J connectivity index is 1.47. The molecule has 140 valence electrons. The standard InChI is InChI=1S/C18H20F2N2O4/c19-12-5-6-15(14(20)8-12)21-16(23)10-26-18(25)11-7-17(24)22(9-11)13-3-1-2-4-13/h5-6,8,11,13H,1-4,7,9-10H2,(H,21,23)/t11-/m0/s1. The zero-order valence-electron chi connectivity index (χ0n) is 14.2. The number of esters is 1. The zero-order valence-corrected chi connectivity index (χ0v) is 14.2. The van der Waals surface area contributed by atoms with E-state index in [1.807, 2.05) is 0 Å². The molecule has 3 rings (SSSR count). The highest BCUT2D eigenvalue weighted by Gasteiger charge is 2.39. The Morgan fingerprint density at radius 3 is 2.65 bits per heavy atom. The molecule has 0 unspecified atom stereocenters. The minimum atomic E-state index is -0.918. The summed E-state index contributed by atoms with van der Waals surface area (Å²) in [5, 5.41) is 2.21. The summed E-state index contributed by atoms with van der Waals surface area (Å²) >= 11 is 0. The van der Waals surface area contributed by atoms with E-state index in [0.717, 1.165) is 37.8 Å². The molecule has 1 aliphatic heterocycles. The number of rotatable bonds is 5. The molecule has 2 aliphatic rings. The minimum absolute atomic E-state index is 0.0586. The summed E-state index contributed by atoms with van der Waals surface area (Å²) in [6, 6.07) is 2.93. The molecule has 26 heavy (non-hydrogen) atoms. The molecule has 8 heteroatoms. The number of amides is 2. The predicted octanol–water partition coefficient (Wildman–Crippen LogP) is 2.24. The molecule has 1 aliphatic carbocycles. The largest absolute Gasteiger partial charge is 0.455 e. The van der Waals surface area contributed by atoms with Gasteiger partial charge in [-0.05, 0) is 25.0 Å². The van der Waals surface area contributed by atoms with Gasteiger partial charge in [-0.2, -0.15) is 0 Å². The monoisotopic (exact) mass is 366 g/mol. The van der Waals surface area contributed by atoms with E-state index in [9.17, 15) is 23.2 Å². The number of carbonyl (C=O) groups is 3. The number of hydrogen-bond donors (Lipinski definition) is 1. The molecule has 1 heterocycles. The van der Waals surface area contributed by atoms with Crippen molar-refractivity contribution in [2.45, 2.75) is 38.1 Å². The lowest BCUT2D eigenvalue weighted by molar-refractivity contribution is -0.151. The van der Waals surface area contributed by atoms with Gasteiger partial charge in [0.2, 0.25) is 5.91 Å². The van der Waals surface area contributed by atoms with Crippen LogP contribution in [0.2, 0.25) is 0 Å². The Morgan fingerprint density at radius 1 is 1.23 bits per heavy atom. The van der Waals surface area contributed by atoms with Gasteiger partial charge in [-0.3, -0.25) is 14.4 Å². The van der Waals surface area contributed by atoms with Crippen LogP contribution < -0.4 is 5.32 Å². The molecule has 1 aromatic rings. The highest BCUT2D eigenvalue weighted by atomic mass is 19.1. The normalized spacial score (nSPS) is 20.5. The highest BCUT2D eigenvalue weighted by Crippen LogP contribution is 2.29. The van der Waals surface area contributed by atoms with Crippen LogP contribution in [-0.4, -0.2) is 41.9 Å². The number of halogens is 2. The first-order chi connectivity index (χ1) is 12.4. The van der Waals surface area contributed by atoms with Gasteiger partial charge in [-0.15, -0.1) is 0 Å². The Labute approximate surface area is 149 Å². The number of ether oxygens (including phenoxy) is 1. The lowest BCUT2D eigenvalue weighted by Gasteiger charge is -2.23. The number of nitrogens with one attached hydrogen (secondary N) is 1. The fraction of sp³-hybridized carbons (Fsp3) is 0.500. The molecule has 0 spiro atoms. The molecule has 1 saturated heterocycles. The highest BCUT2D eigenvalue weighted by molar-refractivity contribution is 5.93. The molecule has 1 aromatic carbocycles. The summed E-state index contributed by atoms with van der Waals surface area (Å²) in [7, 11) is 0. The van der Waals surface area contributed by atoms with Crippen molar-refractivity contribution in [3.8, 4) is 0 Å². The molecule has 0 radical (unpaired) electrons. The molecular weight excluding hydrogens is 346 g/mol. The van der Waals surface area contributed by atoms with Gasteiger partial charge in [-0.1, -0.05) is 12.8 Å². The van der Waals surface area contributed by atoms with Crippen molar-refractivity contribution in [1.29, 1.82) is 0 Å². The lowest BCUT2D eigenvalue weighted by atomic mass is 10.1. The third kappa shape index (κ3) is 4.17. The van der Waals surface area contributed by atoms with Crippen molar-refractivity contribution in [2.24, 2.45) is 5.92 Å². The Hall–Kier alpha value is -2.51. The van der Waals surface area contributed by atoms with Crippen LogP contribution in [0, 0.1) is 17.6 Å². The van der Waals surface area contributed by atoms with Gasteiger partial charge in [-0.25, -0.2) is 8.78 Å². The minimum Gasteiger partial charge on any atom is -0.455 e. The molecule has 6 nitrogen and oxygen atoms in total. The van der Waals surface area contributed by atoms with E-state index in [4.69, 9.17) is 4.74 Å². The smallest absolute Gasteiger partial charge is 0.311 e. The van der Waals surface area contributed by atoms with Crippen LogP contribution >= 0.6 is 0 Å². The first-order valence-corrected chi connectivity index (χ1v) is 8.65. The first kappa shape index (κ1) is 18.3. The number of nitrogens with zero attached hydrogens (tertiary/aromatic N) is 1. The van der Waals surface area contributed by atoms with Gasteiger partial charge in [0.05, 0.1) is 11.6 Å². The van der Waals surface area contributed by atoms with E-state index < -0.39 is 36.0 Å². The average Bonchev–Trinajstić information content (AvgIpc) is 3.24. The van der Waals surface area contributed by atoms with E-state index in [1.54, 1.807) is 4.90 Å². The maximum absolute atomic E-state index is 13.5.